The molecule has 0 spiro atoms. The van der Waals surface area contributed by atoms with Gasteiger partial charge in [-0.1, -0.05) is 67.8 Å². The number of unbranched alkanes of at least 4 members (excludes halogenated alkanes) is 2. The summed E-state index contributed by atoms with van der Waals surface area (Å²) in [6, 6.07) is 9.17. The Morgan fingerprint density at radius 2 is 2.05 bits per heavy atom. The fraction of sp³-hybridized carbons (Fsp3) is 0.333. The Bertz CT molecular complexity index is 647. The Kier molecular flexibility index (Phi) is 5.96. The number of aryl methyl sites for hydroxylation is 1. The maximum atomic E-state index is 12.7. The average Bonchev–Trinajstić information content (AvgIpc) is 2.84. The molecule has 2 rings (SSSR count). The first-order valence-electron chi connectivity index (χ1n) is 7.64. The first kappa shape index (κ1) is 16.5. The highest BCUT2D eigenvalue weighted by molar-refractivity contribution is 6.34. The summed E-state index contributed by atoms with van der Waals surface area (Å²) in [6.45, 7) is 6.63. The van der Waals surface area contributed by atoms with E-state index in [2.05, 4.69) is 18.6 Å². The molecule has 0 unspecified atom stereocenters. The second-order valence-corrected chi connectivity index (χ2v) is 5.59. The Morgan fingerprint density at radius 1 is 1.32 bits per heavy atom. The first-order chi connectivity index (χ1) is 10.7. The Balaban J connectivity index is 2.36. The Hall–Kier alpha value is -1.87. The zero-order chi connectivity index (χ0) is 15.9. The van der Waals surface area contributed by atoms with Gasteiger partial charge in [0.05, 0.1) is 11.3 Å². The molecule has 0 saturated heterocycles. The van der Waals surface area contributed by atoms with Crippen LogP contribution in [0.3, 0.4) is 0 Å². The van der Waals surface area contributed by atoms with Crippen molar-refractivity contribution in [2.24, 2.45) is 0 Å². The van der Waals surface area contributed by atoms with Crippen molar-refractivity contribution in [3.05, 3.63) is 65.0 Å². The molecule has 3 nitrogen and oxygen atoms in total. The summed E-state index contributed by atoms with van der Waals surface area (Å²) in [7, 11) is 0. The summed E-state index contributed by atoms with van der Waals surface area (Å²) in [5, 5.41) is 4.94. The largest absolute Gasteiger partial charge is 0.288 e. The molecule has 2 aromatic rings. The molecule has 0 bridgehead atoms. The SMILES string of the molecule is C=CCc1nn(CCCCC)c(Cl)c1C(=O)c1ccccc1. The molecule has 22 heavy (non-hydrogen) atoms. The van der Waals surface area contributed by atoms with E-state index in [1.807, 2.05) is 18.2 Å². The van der Waals surface area contributed by atoms with Gasteiger partial charge in [-0.25, -0.2) is 0 Å². The van der Waals surface area contributed by atoms with Gasteiger partial charge in [-0.05, 0) is 6.42 Å². The zero-order valence-electron chi connectivity index (χ0n) is 12.9. The number of ketones is 1. The van der Waals surface area contributed by atoms with Crippen molar-refractivity contribution in [2.75, 3.05) is 0 Å². The van der Waals surface area contributed by atoms with E-state index in [9.17, 15) is 4.79 Å². The molecular formula is C18H21ClN2O. The number of aromatic nitrogens is 2. The lowest BCUT2D eigenvalue weighted by Gasteiger charge is -2.03. The Morgan fingerprint density at radius 3 is 2.68 bits per heavy atom. The van der Waals surface area contributed by atoms with E-state index in [0.29, 0.717) is 28.4 Å². The number of benzene rings is 1. The van der Waals surface area contributed by atoms with Crippen LogP contribution in [0.1, 0.15) is 47.8 Å². The smallest absolute Gasteiger partial charge is 0.198 e. The van der Waals surface area contributed by atoms with Crippen LogP contribution in [-0.2, 0) is 13.0 Å². The van der Waals surface area contributed by atoms with Gasteiger partial charge in [0.25, 0.3) is 0 Å². The minimum Gasteiger partial charge on any atom is -0.288 e. The summed E-state index contributed by atoms with van der Waals surface area (Å²) >= 11 is 6.43. The molecule has 0 aliphatic heterocycles. The minimum atomic E-state index is -0.0795. The lowest BCUT2D eigenvalue weighted by Crippen LogP contribution is -2.04. The molecule has 0 radical (unpaired) electrons. The highest BCUT2D eigenvalue weighted by Crippen LogP contribution is 2.24. The second kappa shape index (κ2) is 7.95. The van der Waals surface area contributed by atoms with Gasteiger partial charge in [0, 0.05) is 18.5 Å². The van der Waals surface area contributed by atoms with Crippen LogP contribution in [0.4, 0.5) is 0 Å². The van der Waals surface area contributed by atoms with E-state index >= 15 is 0 Å². The fourth-order valence-corrected chi connectivity index (χ4v) is 2.70. The second-order valence-electron chi connectivity index (χ2n) is 5.23. The molecule has 0 saturated carbocycles. The van der Waals surface area contributed by atoms with E-state index in [0.717, 1.165) is 25.8 Å². The van der Waals surface area contributed by atoms with Crippen LogP contribution in [0, 0.1) is 0 Å². The van der Waals surface area contributed by atoms with Crippen molar-refractivity contribution in [2.45, 2.75) is 39.2 Å². The number of carbonyl (C=O) groups is 1. The summed E-state index contributed by atoms with van der Waals surface area (Å²) in [5.41, 5.74) is 1.83. The third-order valence-electron chi connectivity index (χ3n) is 3.54. The van der Waals surface area contributed by atoms with E-state index in [1.165, 1.54) is 0 Å². The maximum Gasteiger partial charge on any atom is 0.198 e. The lowest BCUT2D eigenvalue weighted by molar-refractivity contribution is 0.103. The maximum absolute atomic E-state index is 12.7. The number of allylic oxidation sites excluding steroid dienone is 1. The van der Waals surface area contributed by atoms with Gasteiger partial charge in [0.1, 0.15) is 5.15 Å². The van der Waals surface area contributed by atoms with Gasteiger partial charge in [-0.15, -0.1) is 6.58 Å². The molecular weight excluding hydrogens is 296 g/mol. The standard InChI is InChI=1S/C18H21ClN2O/c1-3-5-9-13-21-18(19)16(15(20-21)10-4-2)17(22)14-11-7-6-8-12-14/h4,6-8,11-12H,2-3,5,9-10,13H2,1H3. The van der Waals surface area contributed by atoms with E-state index < -0.39 is 0 Å². The molecule has 1 aromatic carbocycles. The molecule has 0 fully saturated rings. The van der Waals surface area contributed by atoms with Gasteiger partial charge in [-0.2, -0.15) is 5.10 Å². The van der Waals surface area contributed by atoms with Gasteiger partial charge >= 0.3 is 0 Å². The van der Waals surface area contributed by atoms with Gasteiger partial charge in [0.15, 0.2) is 5.78 Å². The summed E-state index contributed by atoms with van der Waals surface area (Å²) in [4.78, 5) is 12.7. The predicted octanol–water partition coefficient (Wildman–Crippen LogP) is 4.69. The molecule has 0 aliphatic carbocycles. The van der Waals surface area contributed by atoms with Crippen molar-refractivity contribution in [1.82, 2.24) is 9.78 Å². The summed E-state index contributed by atoms with van der Waals surface area (Å²) in [6.07, 6.45) is 5.54. The number of halogens is 1. The number of hydrogen-bond acceptors (Lipinski definition) is 2. The van der Waals surface area contributed by atoms with Crippen LogP contribution in [0.5, 0.6) is 0 Å². The van der Waals surface area contributed by atoms with Crippen LogP contribution < -0.4 is 0 Å². The van der Waals surface area contributed by atoms with Crippen molar-refractivity contribution >= 4 is 17.4 Å². The average molecular weight is 317 g/mol. The van der Waals surface area contributed by atoms with Crippen molar-refractivity contribution in [3.8, 4) is 0 Å². The van der Waals surface area contributed by atoms with Crippen molar-refractivity contribution in [1.29, 1.82) is 0 Å². The predicted molar refractivity (Wildman–Crippen MR) is 90.5 cm³/mol. The molecule has 0 atom stereocenters. The number of carbonyl (C=O) groups excluding carboxylic acids is 1. The molecule has 0 N–H and O–H groups in total. The zero-order valence-corrected chi connectivity index (χ0v) is 13.6. The molecule has 116 valence electrons. The molecule has 4 heteroatoms. The number of nitrogens with zero attached hydrogens (tertiary/aromatic N) is 2. The third-order valence-corrected chi connectivity index (χ3v) is 3.92. The van der Waals surface area contributed by atoms with Gasteiger partial charge in [0.2, 0.25) is 0 Å². The highest BCUT2D eigenvalue weighted by Gasteiger charge is 2.22. The third kappa shape index (κ3) is 3.66. The Labute approximate surface area is 136 Å². The highest BCUT2D eigenvalue weighted by atomic mass is 35.5. The lowest BCUT2D eigenvalue weighted by atomic mass is 10.0. The van der Waals surface area contributed by atoms with Crippen LogP contribution in [0.15, 0.2) is 43.0 Å². The van der Waals surface area contributed by atoms with E-state index in [4.69, 9.17) is 11.6 Å². The molecule has 1 aromatic heterocycles. The molecule has 0 amide bonds. The van der Waals surface area contributed by atoms with Crippen LogP contribution >= 0.6 is 11.6 Å². The topological polar surface area (TPSA) is 34.9 Å². The normalized spacial score (nSPS) is 10.6. The van der Waals surface area contributed by atoms with E-state index in [1.54, 1.807) is 22.9 Å². The van der Waals surface area contributed by atoms with Crippen LogP contribution in [0.25, 0.3) is 0 Å². The molecule has 0 aliphatic rings. The number of rotatable bonds is 8. The fourth-order valence-electron chi connectivity index (χ4n) is 2.39. The van der Waals surface area contributed by atoms with Crippen LogP contribution in [-0.4, -0.2) is 15.6 Å². The van der Waals surface area contributed by atoms with Crippen molar-refractivity contribution < 1.29 is 4.79 Å². The molecule has 1 heterocycles. The first-order valence-corrected chi connectivity index (χ1v) is 8.02. The number of hydrogen-bond donors (Lipinski definition) is 0. The minimum absolute atomic E-state index is 0.0795. The summed E-state index contributed by atoms with van der Waals surface area (Å²) < 4.78 is 1.74. The van der Waals surface area contributed by atoms with Gasteiger partial charge < -0.3 is 0 Å². The summed E-state index contributed by atoms with van der Waals surface area (Å²) in [5.74, 6) is -0.0795. The monoisotopic (exact) mass is 316 g/mol. The van der Waals surface area contributed by atoms with Crippen molar-refractivity contribution in [3.63, 3.8) is 0 Å². The van der Waals surface area contributed by atoms with Gasteiger partial charge in [-0.3, -0.25) is 9.48 Å². The van der Waals surface area contributed by atoms with Crippen LogP contribution in [0.2, 0.25) is 5.15 Å². The quantitative estimate of drug-likeness (QED) is 0.402. The van der Waals surface area contributed by atoms with E-state index in [-0.39, 0.29) is 5.78 Å².